The lowest BCUT2D eigenvalue weighted by atomic mass is 9.41. The van der Waals surface area contributed by atoms with Crippen LogP contribution in [0.1, 0.15) is 90.9 Å². The minimum Gasteiger partial charge on any atom is -0.389 e. The molecule has 5 rings (SSSR count). The molecule has 124 valence electrons. The van der Waals surface area contributed by atoms with Crippen LogP contribution in [0.5, 0.6) is 0 Å². The summed E-state index contributed by atoms with van der Waals surface area (Å²) in [6.45, 7) is 5.08. The van der Waals surface area contributed by atoms with E-state index in [2.05, 4.69) is 13.8 Å². The Morgan fingerprint density at radius 2 is 1.55 bits per heavy atom. The van der Waals surface area contributed by atoms with Crippen molar-refractivity contribution in [3.8, 4) is 0 Å². The first-order valence-corrected chi connectivity index (χ1v) is 10.2. The fourth-order valence-electron chi connectivity index (χ4n) is 8.60. The maximum Gasteiger partial charge on any atom is 0.0731 e. The second-order valence-electron chi connectivity index (χ2n) is 10.3. The van der Waals surface area contributed by atoms with Gasteiger partial charge >= 0.3 is 0 Å². The fourth-order valence-corrected chi connectivity index (χ4v) is 8.60. The molecule has 1 N–H and O–H groups in total. The first kappa shape index (κ1) is 14.3. The molecular weight excluding hydrogens is 268 g/mol. The maximum absolute atomic E-state index is 11.8. The summed E-state index contributed by atoms with van der Waals surface area (Å²) in [5, 5.41) is 11.8. The molecule has 0 bridgehead atoms. The molecule has 5 saturated carbocycles. The van der Waals surface area contributed by atoms with Gasteiger partial charge in [0.25, 0.3) is 0 Å². The van der Waals surface area contributed by atoms with Gasteiger partial charge in [0.2, 0.25) is 0 Å². The van der Waals surface area contributed by atoms with Crippen LogP contribution >= 0.6 is 0 Å². The predicted molar refractivity (Wildman–Crippen MR) is 89.5 cm³/mol. The second kappa shape index (κ2) is 4.13. The van der Waals surface area contributed by atoms with Gasteiger partial charge in [0.15, 0.2) is 0 Å². The van der Waals surface area contributed by atoms with Crippen LogP contribution in [0.25, 0.3) is 0 Å². The smallest absolute Gasteiger partial charge is 0.0731 e. The van der Waals surface area contributed by atoms with Gasteiger partial charge in [0.1, 0.15) is 0 Å². The SMILES string of the molecule is CC12CCCCC1(O)C1CCC34CC3CCCC4(C)C1CC2. The van der Waals surface area contributed by atoms with Gasteiger partial charge in [-0.2, -0.15) is 0 Å². The van der Waals surface area contributed by atoms with E-state index in [0.717, 1.165) is 18.3 Å². The number of aliphatic hydroxyl groups is 1. The highest BCUT2D eigenvalue weighted by Crippen LogP contribution is 2.79. The minimum atomic E-state index is -0.333. The molecule has 22 heavy (non-hydrogen) atoms. The zero-order valence-electron chi connectivity index (χ0n) is 14.7. The van der Waals surface area contributed by atoms with Gasteiger partial charge in [-0.1, -0.05) is 33.1 Å². The largest absolute Gasteiger partial charge is 0.389 e. The van der Waals surface area contributed by atoms with Crippen molar-refractivity contribution in [2.24, 2.45) is 34.0 Å². The third-order valence-corrected chi connectivity index (χ3v) is 10.0. The van der Waals surface area contributed by atoms with Crippen molar-refractivity contribution in [2.75, 3.05) is 0 Å². The highest BCUT2D eigenvalue weighted by atomic mass is 16.3. The van der Waals surface area contributed by atoms with E-state index < -0.39 is 0 Å². The Balaban J connectivity index is 1.55. The molecule has 5 aliphatic carbocycles. The van der Waals surface area contributed by atoms with Crippen LogP contribution in [0.2, 0.25) is 0 Å². The van der Waals surface area contributed by atoms with E-state index in [1.165, 1.54) is 70.6 Å². The molecule has 0 amide bonds. The third-order valence-electron chi connectivity index (χ3n) is 10.0. The molecule has 1 heteroatoms. The molecule has 0 aromatic rings. The van der Waals surface area contributed by atoms with Gasteiger partial charge in [-0.05, 0) is 91.8 Å². The summed E-state index contributed by atoms with van der Waals surface area (Å²) in [4.78, 5) is 0. The number of hydrogen-bond donors (Lipinski definition) is 1. The molecule has 1 spiro atoms. The van der Waals surface area contributed by atoms with Crippen LogP contribution in [-0.4, -0.2) is 10.7 Å². The maximum atomic E-state index is 11.8. The van der Waals surface area contributed by atoms with E-state index >= 15 is 0 Å². The highest BCUT2D eigenvalue weighted by Gasteiger charge is 2.73. The van der Waals surface area contributed by atoms with Gasteiger partial charge in [-0.25, -0.2) is 0 Å². The Labute approximate surface area is 136 Å². The summed E-state index contributed by atoms with van der Waals surface area (Å²) in [7, 11) is 0. The highest BCUT2D eigenvalue weighted by molar-refractivity contribution is 5.22. The lowest BCUT2D eigenvalue weighted by molar-refractivity contribution is -0.230. The zero-order chi connectivity index (χ0) is 15.2. The molecule has 0 aliphatic heterocycles. The van der Waals surface area contributed by atoms with Gasteiger partial charge < -0.3 is 5.11 Å². The second-order valence-corrected chi connectivity index (χ2v) is 10.3. The monoisotopic (exact) mass is 302 g/mol. The topological polar surface area (TPSA) is 20.2 Å². The van der Waals surface area contributed by atoms with E-state index in [0.29, 0.717) is 16.7 Å². The van der Waals surface area contributed by atoms with Crippen LogP contribution in [0.4, 0.5) is 0 Å². The standard InChI is InChI=1S/C21H34O/c1-18-9-3-4-11-21(18,22)17-8-13-20-14-15(20)6-5-10-19(20,2)16(17)7-12-18/h15-17,22H,3-14H2,1-2H3. The van der Waals surface area contributed by atoms with Crippen LogP contribution in [-0.2, 0) is 0 Å². The molecule has 5 fully saturated rings. The third kappa shape index (κ3) is 1.42. The number of rotatable bonds is 0. The zero-order valence-corrected chi connectivity index (χ0v) is 14.7. The molecule has 5 aliphatic rings. The number of hydrogen-bond acceptors (Lipinski definition) is 1. The summed E-state index contributed by atoms with van der Waals surface area (Å²) in [5.74, 6) is 2.49. The van der Waals surface area contributed by atoms with Gasteiger partial charge in [0.05, 0.1) is 5.60 Å². The minimum absolute atomic E-state index is 0.227. The summed E-state index contributed by atoms with van der Waals surface area (Å²) >= 11 is 0. The van der Waals surface area contributed by atoms with Crippen LogP contribution in [0.3, 0.4) is 0 Å². The molecule has 0 aromatic heterocycles. The Bertz CT molecular complexity index is 476. The van der Waals surface area contributed by atoms with Crippen molar-refractivity contribution < 1.29 is 5.11 Å². The quantitative estimate of drug-likeness (QED) is 0.642. The Morgan fingerprint density at radius 1 is 0.773 bits per heavy atom. The normalized spacial score (nSPS) is 63.1. The molecule has 7 unspecified atom stereocenters. The van der Waals surface area contributed by atoms with Crippen molar-refractivity contribution in [1.82, 2.24) is 0 Å². The summed E-state index contributed by atoms with van der Waals surface area (Å²) in [6.07, 6.45) is 16.4. The molecule has 0 aromatic carbocycles. The van der Waals surface area contributed by atoms with Gasteiger partial charge in [0, 0.05) is 0 Å². The lowest BCUT2D eigenvalue weighted by Gasteiger charge is -2.66. The van der Waals surface area contributed by atoms with Crippen molar-refractivity contribution >= 4 is 0 Å². The van der Waals surface area contributed by atoms with E-state index in [1.54, 1.807) is 0 Å². The summed E-state index contributed by atoms with van der Waals surface area (Å²) in [5.41, 5.74) is 1.17. The molecule has 7 atom stereocenters. The van der Waals surface area contributed by atoms with Crippen LogP contribution < -0.4 is 0 Å². The summed E-state index contributed by atoms with van der Waals surface area (Å²) < 4.78 is 0. The Hall–Kier alpha value is -0.0400. The van der Waals surface area contributed by atoms with Gasteiger partial charge in [-0.15, -0.1) is 0 Å². The average molecular weight is 303 g/mol. The first-order valence-electron chi connectivity index (χ1n) is 10.2. The Morgan fingerprint density at radius 3 is 2.41 bits per heavy atom. The lowest BCUT2D eigenvalue weighted by Crippen LogP contribution is -2.64. The molecular formula is C21H34O. The first-order chi connectivity index (χ1) is 10.5. The van der Waals surface area contributed by atoms with Crippen molar-refractivity contribution in [3.63, 3.8) is 0 Å². The average Bonchev–Trinajstić information content (AvgIpc) is 3.21. The molecule has 1 nitrogen and oxygen atoms in total. The molecule has 0 heterocycles. The molecule has 0 saturated heterocycles. The van der Waals surface area contributed by atoms with Crippen LogP contribution in [0, 0.1) is 34.0 Å². The van der Waals surface area contributed by atoms with E-state index in [1.807, 2.05) is 0 Å². The Kier molecular flexibility index (Phi) is 2.69. The summed E-state index contributed by atoms with van der Waals surface area (Å²) in [6, 6.07) is 0. The van der Waals surface area contributed by atoms with E-state index in [9.17, 15) is 5.11 Å². The van der Waals surface area contributed by atoms with Gasteiger partial charge in [-0.3, -0.25) is 0 Å². The molecule has 0 radical (unpaired) electrons. The van der Waals surface area contributed by atoms with E-state index in [4.69, 9.17) is 0 Å². The van der Waals surface area contributed by atoms with Crippen molar-refractivity contribution in [2.45, 2.75) is 96.5 Å². The van der Waals surface area contributed by atoms with Crippen molar-refractivity contribution in [3.05, 3.63) is 0 Å². The van der Waals surface area contributed by atoms with E-state index in [-0.39, 0.29) is 11.0 Å². The van der Waals surface area contributed by atoms with Crippen molar-refractivity contribution in [1.29, 1.82) is 0 Å². The number of fused-ring (bicyclic) bond motifs is 4. The van der Waals surface area contributed by atoms with Crippen LogP contribution in [0.15, 0.2) is 0 Å². The fraction of sp³-hybridized carbons (Fsp3) is 1.00. The predicted octanol–water partition coefficient (Wildman–Crippen LogP) is 5.31.